The van der Waals surface area contributed by atoms with Crippen molar-refractivity contribution in [2.45, 2.75) is 38.5 Å². The quantitative estimate of drug-likeness (QED) is 0.320. The van der Waals surface area contributed by atoms with E-state index >= 15 is 0 Å². The Balaban J connectivity index is 2.07. The maximum Gasteiger partial charge on any atom is 0.435 e. The zero-order valence-corrected chi connectivity index (χ0v) is 17.7. The summed E-state index contributed by atoms with van der Waals surface area (Å²) >= 11 is 0. The molecule has 2 N–H and O–H groups in total. The number of nitro groups is 1. The van der Waals surface area contributed by atoms with E-state index in [1.54, 1.807) is 39.0 Å². The number of carbonyl (C=O) groups is 1. The smallest absolute Gasteiger partial charge is 0.435 e. The Kier molecular flexibility index (Phi) is 6.41. The van der Waals surface area contributed by atoms with Gasteiger partial charge in [0.1, 0.15) is 23.3 Å². The largest absolute Gasteiger partial charge is 0.485 e. The third-order valence-corrected chi connectivity index (χ3v) is 4.99. The number of fused-ring (bicyclic) bond motifs is 1. The lowest BCUT2D eigenvalue weighted by Gasteiger charge is -2.42. The second-order valence-corrected chi connectivity index (χ2v) is 7.60. The highest BCUT2D eigenvalue weighted by atomic mass is 16.6. The minimum atomic E-state index is -1.09. The van der Waals surface area contributed by atoms with E-state index in [0.29, 0.717) is 22.4 Å². The van der Waals surface area contributed by atoms with Gasteiger partial charge in [-0.3, -0.25) is 10.1 Å². The Morgan fingerprint density at radius 3 is 2.62 bits per heavy atom. The number of aliphatic imine (C=N–C) groups is 1. The number of ether oxygens (including phenoxy) is 2. The number of amides is 1. The molecule has 0 saturated heterocycles. The van der Waals surface area contributed by atoms with E-state index in [0.717, 1.165) is 0 Å². The highest BCUT2D eigenvalue weighted by molar-refractivity contribution is 6.04. The third-order valence-electron chi connectivity index (χ3n) is 4.99. The fourth-order valence-electron chi connectivity index (χ4n) is 3.34. The Morgan fingerprint density at radius 2 is 2.03 bits per heavy atom. The van der Waals surface area contributed by atoms with Crippen LogP contribution < -0.4 is 10.1 Å². The predicted octanol–water partition coefficient (Wildman–Crippen LogP) is 3.23. The number of benzene rings is 2. The van der Waals surface area contributed by atoms with Crippen LogP contribution in [0.2, 0.25) is 0 Å². The fraction of sp³-hybridized carbons (Fsp3) is 0.318. The third kappa shape index (κ3) is 4.68. The lowest BCUT2D eigenvalue weighted by Crippen LogP contribution is -2.53. The summed E-state index contributed by atoms with van der Waals surface area (Å²) in [5, 5.41) is 34.4. The summed E-state index contributed by atoms with van der Waals surface area (Å²) in [4.78, 5) is 26.5. The van der Waals surface area contributed by atoms with Gasteiger partial charge in [-0.1, -0.05) is 0 Å². The Morgan fingerprint density at radius 1 is 1.34 bits per heavy atom. The van der Waals surface area contributed by atoms with Gasteiger partial charge in [-0.15, -0.1) is 0 Å². The number of nitriles is 1. The van der Waals surface area contributed by atoms with Crippen molar-refractivity contribution in [3.05, 3.63) is 69.3 Å². The van der Waals surface area contributed by atoms with Crippen LogP contribution in [-0.2, 0) is 4.74 Å². The van der Waals surface area contributed by atoms with Gasteiger partial charge in [-0.05, 0) is 51.1 Å². The molecule has 0 radical (unpaired) electrons. The van der Waals surface area contributed by atoms with Gasteiger partial charge < -0.3 is 19.9 Å². The molecule has 3 rings (SSSR count). The zero-order chi connectivity index (χ0) is 23.5. The molecule has 10 heteroatoms. The van der Waals surface area contributed by atoms with Gasteiger partial charge in [0.15, 0.2) is 0 Å². The molecule has 2 aromatic carbocycles. The van der Waals surface area contributed by atoms with E-state index in [-0.39, 0.29) is 18.1 Å². The average molecular weight is 438 g/mol. The molecule has 2 aromatic rings. The second kappa shape index (κ2) is 9.03. The number of rotatable bonds is 4. The molecular formula is C22H22N4O6. The van der Waals surface area contributed by atoms with Crippen LogP contribution in [0.4, 0.5) is 10.5 Å². The minimum absolute atomic E-state index is 0.0495. The molecule has 0 aliphatic carbocycles. The first kappa shape index (κ1) is 22.7. The summed E-state index contributed by atoms with van der Waals surface area (Å²) in [5.74, 6) is 0.518. The predicted molar refractivity (Wildman–Crippen MR) is 114 cm³/mol. The van der Waals surface area contributed by atoms with Crippen molar-refractivity contribution in [3.63, 3.8) is 0 Å². The molecule has 2 atom stereocenters. The van der Waals surface area contributed by atoms with Gasteiger partial charge in [-0.2, -0.15) is 10.3 Å². The number of nitrogens with one attached hydrogen (secondary N) is 1. The minimum Gasteiger partial charge on any atom is -0.485 e. The average Bonchev–Trinajstić information content (AvgIpc) is 2.76. The molecule has 0 fully saturated rings. The summed E-state index contributed by atoms with van der Waals surface area (Å²) in [7, 11) is 0. The van der Waals surface area contributed by atoms with Gasteiger partial charge >= 0.3 is 6.09 Å². The van der Waals surface area contributed by atoms with E-state index in [2.05, 4.69) is 16.4 Å². The summed E-state index contributed by atoms with van der Waals surface area (Å²) in [6.07, 6.45) is -1.95. The number of aliphatic hydroxyl groups excluding tert-OH is 1. The van der Waals surface area contributed by atoms with Crippen LogP contribution in [0.3, 0.4) is 0 Å². The topological polar surface area (TPSA) is 147 Å². The fourth-order valence-corrected chi connectivity index (χ4v) is 3.34. The molecule has 0 spiro atoms. The summed E-state index contributed by atoms with van der Waals surface area (Å²) < 4.78 is 10.8. The standard InChI is InChI=1S/C22H22N4O6/c1-4-31-21(28)25-20(14-6-8-15(9-7-14)26(29)30)24-18-16-11-13(12-23)5-10-17(16)32-22(2,3)19(18)27/h5-11,18-19,27H,4H2,1-3H3,(H,24,25,28). The zero-order valence-electron chi connectivity index (χ0n) is 17.7. The molecule has 0 bridgehead atoms. The lowest BCUT2D eigenvalue weighted by atomic mass is 9.85. The van der Waals surface area contributed by atoms with Gasteiger partial charge in [0.25, 0.3) is 5.69 Å². The van der Waals surface area contributed by atoms with Crippen LogP contribution >= 0.6 is 0 Å². The van der Waals surface area contributed by atoms with Crippen molar-refractivity contribution < 1.29 is 24.3 Å². The van der Waals surface area contributed by atoms with Crippen LogP contribution in [0.5, 0.6) is 5.75 Å². The van der Waals surface area contributed by atoms with Crippen LogP contribution in [0.1, 0.15) is 43.5 Å². The maximum atomic E-state index is 12.1. The first-order valence-corrected chi connectivity index (χ1v) is 9.84. The Bertz CT molecular complexity index is 1100. The van der Waals surface area contributed by atoms with Crippen LogP contribution in [0.15, 0.2) is 47.5 Å². The van der Waals surface area contributed by atoms with Gasteiger partial charge in [-0.25, -0.2) is 4.79 Å². The highest BCUT2D eigenvalue weighted by Gasteiger charge is 2.43. The van der Waals surface area contributed by atoms with Crippen molar-refractivity contribution in [1.29, 1.82) is 5.26 Å². The number of non-ortho nitro benzene ring substituents is 1. The summed E-state index contributed by atoms with van der Waals surface area (Å²) in [6, 6.07) is 11.5. The Hall–Kier alpha value is -3.97. The van der Waals surface area contributed by atoms with Crippen molar-refractivity contribution in [1.82, 2.24) is 5.32 Å². The Labute approximate surface area is 184 Å². The van der Waals surface area contributed by atoms with Crippen LogP contribution in [0, 0.1) is 21.4 Å². The van der Waals surface area contributed by atoms with Crippen molar-refractivity contribution in [2.24, 2.45) is 4.99 Å². The van der Waals surface area contributed by atoms with Crippen LogP contribution in [0.25, 0.3) is 0 Å². The second-order valence-electron chi connectivity index (χ2n) is 7.60. The number of aliphatic hydroxyl groups is 1. The number of nitro benzene ring substituents is 1. The van der Waals surface area contributed by atoms with Crippen LogP contribution in [-0.4, -0.2) is 40.3 Å². The van der Waals surface area contributed by atoms with Crippen molar-refractivity contribution in [2.75, 3.05) is 6.61 Å². The number of hydrogen-bond donors (Lipinski definition) is 2. The molecular weight excluding hydrogens is 416 g/mol. The van der Waals surface area contributed by atoms with Crippen molar-refractivity contribution in [3.8, 4) is 11.8 Å². The normalized spacial score (nSPS) is 19.2. The molecule has 2 unspecified atom stereocenters. The lowest BCUT2D eigenvalue weighted by molar-refractivity contribution is -0.384. The maximum absolute atomic E-state index is 12.1. The number of nitrogens with zero attached hydrogens (tertiary/aromatic N) is 3. The molecule has 0 aromatic heterocycles. The van der Waals surface area contributed by atoms with Gasteiger partial charge in [0, 0.05) is 23.3 Å². The van der Waals surface area contributed by atoms with E-state index in [9.17, 15) is 25.3 Å². The molecule has 10 nitrogen and oxygen atoms in total. The molecule has 1 aliphatic heterocycles. The van der Waals surface area contributed by atoms with E-state index in [1.807, 2.05) is 0 Å². The number of carbonyl (C=O) groups excluding carboxylic acids is 1. The van der Waals surface area contributed by atoms with E-state index < -0.39 is 28.8 Å². The molecule has 32 heavy (non-hydrogen) atoms. The highest BCUT2D eigenvalue weighted by Crippen LogP contribution is 2.40. The molecule has 1 amide bonds. The summed E-state index contributed by atoms with van der Waals surface area (Å²) in [6.45, 7) is 5.16. The molecule has 1 aliphatic rings. The van der Waals surface area contributed by atoms with Crippen molar-refractivity contribution >= 4 is 17.6 Å². The molecule has 166 valence electrons. The first-order valence-electron chi connectivity index (χ1n) is 9.84. The molecule has 1 heterocycles. The van der Waals surface area contributed by atoms with E-state index in [4.69, 9.17) is 9.47 Å². The van der Waals surface area contributed by atoms with Gasteiger partial charge in [0.2, 0.25) is 0 Å². The summed E-state index contributed by atoms with van der Waals surface area (Å²) in [5.41, 5.74) is 0.127. The first-order chi connectivity index (χ1) is 15.2. The van der Waals surface area contributed by atoms with E-state index in [1.165, 1.54) is 24.3 Å². The molecule has 0 saturated carbocycles. The van der Waals surface area contributed by atoms with Gasteiger partial charge in [0.05, 0.1) is 29.2 Å². The SMILES string of the molecule is CCOC(=O)N=C(NC1c2cc(C#N)ccc2OC(C)(C)C1O)c1ccc([N+](=O)[O-])cc1. The monoisotopic (exact) mass is 438 g/mol. The number of amidine groups is 1. The number of hydrogen-bond acceptors (Lipinski definition) is 7.